The minimum Gasteiger partial charge on any atom is -0.424 e. The van der Waals surface area contributed by atoms with Crippen LogP contribution in [-0.2, 0) is 14.3 Å². The summed E-state index contributed by atoms with van der Waals surface area (Å²) in [5, 5.41) is 0.853. The van der Waals surface area contributed by atoms with Crippen molar-refractivity contribution >= 4 is 28.8 Å². The largest absolute Gasteiger partial charge is 0.523 e. The van der Waals surface area contributed by atoms with Crippen LogP contribution in [-0.4, -0.2) is 33.6 Å². The maximum Gasteiger partial charge on any atom is 0.523 e. The van der Waals surface area contributed by atoms with Gasteiger partial charge in [-0.3, -0.25) is 4.18 Å². The molecule has 0 aliphatic heterocycles. The Morgan fingerprint density at radius 3 is 1.75 bits per heavy atom. The fraction of sp³-hybridized carbons (Fsp3) is 0.368. The van der Waals surface area contributed by atoms with Crippen LogP contribution in [0, 0.1) is 0 Å². The molecule has 4 nitrogen and oxygen atoms in total. The number of hydrogen-bond donors (Lipinski definition) is 1. The van der Waals surface area contributed by atoms with Gasteiger partial charge in [-0.1, -0.05) is 74.5 Å². The van der Waals surface area contributed by atoms with Gasteiger partial charge in [-0.15, -0.1) is 0 Å². The highest BCUT2D eigenvalue weighted by molar-refractivity contribution is 7.87. The Hall–Kier alpha value is -1.68. The summed E-state index contributed by atoms with van der Waals surface area (Å²) in [6.45, 7) is 3.09. The van der Waals surface area contributed by atoms with Crippen LogP contribution < -0.4 is 10.4 Å². The molecule has 0 bridgehead atoms. The van der Waals surface area contributed by atoms with E-state index in [4.69, 9.17) is 0 Å². The molecule has 0 spiro atoms. The van der Waals surface area contributed by atoms with Gasteiger partial charge >= 0.3 is 15.6 Å². The predicted octanol–water partition coefficient (Wildman–Crippen LogP) is 3.17. The molecule has 2 rings (SSSR count). The van der Waals surface area contributed by atoms with Gasteiger partial charge < -0.3 is 4.80 Å². The van der Waals surface area contributed by atoms with Gasteiger partial charge in [0.2, 0.25) is 0 Å². The van der Waals surface area contributed by atoms with Gasteiger partial charge in [0.15, 0.2) is 0 Å². The Bertz CT molecular complexity index is 830. The summed E-state index contributed by atoms with van der Waals surface area (Å²) in [6, 6.07) is 18.3. The second-order valence-electron chi connectivity index (χ2n) is 7.15. The Morgan fingerprint density at radius 2 is 1.36 bits per heavy atom. The number of hydrogen-bond acceptors (Lipinski definition) is 4. The molecule has 9 heteroatoms. The summed E-state index contributed by atoms with van der Waals surface area (Å²) >= 11 is 0. The molecule has 0 aromatic heterocycles. The maximum atomic E-state index is 12.4. The van der Waals surface area contributed by atoms with Gasteiger partial charge in [-0.25, -0.2) is 0 Å². The lowest BCUT2D eigenvalue weighted by molar-refractivity contribution is -0.0543. The number of alkyl halides is 3. The second-order valence-corrected chi connectivity index (χ2v) is 12.7. The average Bonchev–Trinajstić information content (AvgIpc) is 2.65. The fourth-order valence-electron chi connectivity index (χ4n) is 3.24. The van der Waals surface area contributed by atoms with Crippen molar-refractivity contribution in [3.63, 3.8) is 0 Å². The Kier molecular flexibility index (Phi) is 6.75. The third-order valence-corrected chi connectivity index (χ3v) is 10.4. The zero-order valence-electron chi connectivity index (χ0n) is 15.6. The van der Waals surface area contributed by atoms with Gasteiger partial charge in [-0.05, 0) is 28.3 Å². The van der Waals surface area contributed by atoms with E-state index in [0.717, 1.165) is 10.4 Å². The first-order valence-corrected chi connectivity index (χ1v) is 12.1. The molecule has 2 aromatic carbocycles. The quantitative estimate of drug-likeness (QED) is 0.301. The van der Waals surface area contributed by atoms with E-state index in [1.165, 1.54) is 0 Å². The van der Waals surface area contributed by atoms with E-state index in [1.54, 1.807) is 0 Å². The molecular weight excluding hydrogens is 409 g/mol. The first kappa shape index (κ1) is 22.6. The molecule has 0 unspecified atom stereocenters. The minimum atomic E-state index is -5.61. The van der Waals surface area contributed by atoms with Crippen molar-refractivity contribution in [1.29, 1.82) is 0 Å². The van der Waals surface area contributed by atoms with Crippen molar-refractivity contribution in [1.82, 2.24) is 0 Å². The van der Waals surface area contributed by atoms with E-state index in [9.17, 15) is 26.4 Å². The van der Waals surface area contributed by atoms with Gasteiger partial charge in [0, 0.05) is 0 Å². The third kappa shape index (κ3) is 4.65. The minimum absolute atomic E-state index is 0.0529. The van der Waals surface area contributed by atoms with Crippen molar-refractivity contribution < 1.29 is 30.6 Å². The first-order valence-electron chi connectivity index (χ1n) is 8.71. The number of benzene rings is 2. The van der Waals surface area contributed by atoms with E-state index < -0.39 is 35.6 Å². The lowest BCUT2D eigenvalue weighted by Crippen LogP contribution is -2.65. The summed E-state index contributed by atoms with van der Waals surface area (Å²) in [5.74, 6) is 0. The molecule has 0 radical (unpaired) electrons. The topological polar surface area (TPSA) is 63.6 Å². The average molecular weight is 433 g/mol. The van der Waals surface area contributed by atoms with E-state index in [1.807, 2.05) is 74.5 Å². The first-order chi connectivity index (χ1) is 12.9. The Balaban J connectivity index is 2.24. The van der Waals surface area contributed by atoms with Crippen molar-refractivity contribution in [3.8, 4) is 0 Å². The molecule has 0 saturated carbocycles. The number of rotatable bonds is 8. The molecule has 0 amide bonds. The van der Waals surface area contributed by atoms with E-state index in [-0.39, 0.29) is 12.8 Å². The maximum absolute atomic E-state index is 12.4. The summed E-state index contributed by atoms with van der Waals surface area (Å²) in [6.07, 6.45) is 0.337. The van der Waals surface area contributed by atoms with Crippen molar-refractivity contribution in [3.05, 3.63) is 60.7 Å². The smallest absolute Gasteiger partial charge is 0.424 e. The highest BCUT2D eigenvalue weighted by atomic mass is 32.2. The molecule has 0 saturated heterocycles. The summed E-state index contributed by atoms with van der Waals surface area (Å²) in [4.78, 5) is 11.9. The highest BCUT2D eigenvalue weighted by Crippen LogP contribution is 2.40. The molecule has 0 aliphatic carbocycles. The van der Waals surface area contributed by atoms with Crippen LogP contribution in [0.4, 0.5) is 13.2 Å². The normalized spacial score (nSPS) is 13.5. The molecular formula is C19H23F3O4SSi. The molecule has 0 aliphatic rings. The van der Waals surface area contributed by atoms with Gasteiger partial charge in [0.05, 0.1) is 6.61 Å². The molecule has 0 fully saturated rings. The zero-order chi connectivity index (χ0) is 21.1. The van der Waals surface area contributed by atoms with Crippen LogP contribution in [0.2, 0.25) is 5.04 Å². The molecule has 1 N–H and O–H groups in total. The van der Waals surface area contributed by atoms with Crippen LogP contribution >= 0.6 is 0 Å². The fourth-order valence-corrected chi connectivity index (χ4v) is 7.49. The summed E-state index contributed by atoms with van der Waals surface area (Å²) < 4.78 is 63.3. The molecule has 154 valence electrons. The predicted molar refractivity (Wildman–Crippen MR) is 104 cm³/mol. The summed E-state index contributed by atoms with van der Waals surface area (Å²) in [5.41, 5.74) is -5.44. The van der Waals surface area contributed by atoms with Crippen LogP contribution in [0.15, 0.2) is 60.7 Å². The van der Waals surface area contributed by atoms with Gasteiger partial charge in [0.25, 0.3) is 8.32 Å². The van der Waals surface area contributed by atoms with Crippen LogP contribution in [0.5, 0.6) is 0 Å². The molecule has 0 atom stereocenters. The number of halogens is 3. The standard InChI is InChI=1S/C19H23F3O4SSi/c1-18(2,14-9-15-26-27(23,24)19(20,21)22)28(25,16-10-5-3-6-11-16)17-12-7-4-8-13-17/h3-8,10-13,25H,9,14-15H2,1-2H3. The Morgan fingerprint density at radius 1 is 0.929 bits per heavy atom. The van der Waals surface area contributed by atoms with E-state index in [0.29, 0.717) is 0 Å². The summed E-state index contributed by atoms with van der Waals surface area (Å²) in [7, 11) is -8.90. The molecule has 0 heterocycles. The van der Waals surface area contributed by atoms with Crippen LogP contribution in [0.3, 0.4) is 0 Å². The van der Waals surface area contributed by atoms with E-state index in [2.05, 4.69) is 4.18 Å². The van der Waals surface area contributed by atoms with E-state index >= 15 is 0 Å². The SMILES string of the molecule is CC(C)(CCCOS(=O)(=O)C(F)(F)F)[Si](O)(c1ccccc1)c1ccccc1. The van der Waals surface area contributed by atoms with Crippen molar-refractivity contribution in [2.45, 2.75) is 37.2 Å². The van der Waals surface area contributed by atoms with Crippen molar-refractivity contribution in [2.75, 3.05) is 6.61 Å². The van der Waals surface area contributed by atoms with Crippen molar-refractivity contribution in [2.24, 2.45) is 0 Å². The lowest BCUT2D eigenvalue weighted by atomic mass is 10.1. The van der Waals surface area contributed by atoms with Gasteiger partial charge in [0.1, 0.15) is 0 Å². The van der Waals surface area contributed by atoms with Gasteiger partial charge in [-0.2, -0.15) is 21.6 Å². The second kappa shape index (κ2) is 8.36. The highest BCUT2D eigenvalue weighted by Gasteiger charge is 2.50. The lowest BCUT2D eigenvalue weighted by Gasteiger charge is -2.41. The monoisotopic (exact) mass is 432 g/mol. The molecule has 28 heavy (non-hydrogen) atoms. The molecule has 2 aromatic rings. The van der Waals surface area contributed by atoms with Crippen LogP contribution in [0.1, 0.15) is 26.7 Å². The zero-order valence-corrected chi connectivity index (χ0v) is 17.4. The van der Waals surface area contributed by atoms with Crippen LogP contribution in [0.25, 0.3) is 0 Å². The third-order valence-electron chi connectivity index (χ3n) is 4.83. The Labute approximate surface area is 164 Å².